The van der Waals surface area contributed by atoms with Crippen molar-refractivity contribution in [2.75, 3.05) is 32.7 Å². The smallest absolute Gasteiger partial charge is 0.352 e. The molecular weight excluding hydrogens is 431 g/mol. The summed E-state index contributed by atoms with van der Waals surface area (Å²) >= 11 is 0. The molecule has 0 radical (unpaired) electrons. The van der Waals surface area contributed by atoms with Crippen molar-refractivity contribution in [3.05, 3.63) is 29.8 Å². The molecule has 1 saturated carbocycles. The number of hydrogen-bond acceptors (Lipinski definition) is 4. The minimum absolute atomic E-state index is 0.0693. The lowest BCUT2D eigenvalue weighted by molar-refractivity contribution is -0.137. The van der Waals surface area contributed by atoms with E-state index in [0.717, 1.165) is 25.0 Å². The van der Waals surface area contributed by atoms with Gasteiger partial charge in [-0.3, -0.25) is 9.69 Å². The van der Waals surface area contributed by atoms with Crippen LogP contribution in [0, 0.1) is 11.8 Å². The molecule has 1 aromatic rings. The molecule has 1 amide bonds. The van der Waals surface area contributed by atoms with Crippen LogP contribution in [0.2, 0.25) is 0 Å². The zero-order chi connectivity index (χ0) is 22.8. The topological polar surface area (TPSA) is 69.7 Å². The third-order valence-corrected chi connectivity index (χ3v) is 8.45. The minimum atomic E-state index is -4.61. The summed E-state index contributed by atoms with van der Waals surface area (Å²) in [7, 11) is -4.03. The molecule has 1 N–H and O–H groups in total. The van der Waals surface area contributed by atoms with Gasteiger partial charge in [0, 0.05) is 32.2 Å². The quantitative estimate of drug-likeness (QED) is 0.732. The summed E-state index contributed by atoms with van der Waals surface area (Å²) in [6.45, 7) is 5.50. The lowest BCUT2D eigenvalue weighted by atomic mass is 9.78. The molecule has 10 heteroatoms. The van der Waals surface area contributed by atoms with Gasteiger partial charge in [-0.05, 0) is 36.5 Å². The van der Waals surface area contributed by atoms with Gasteiger partial charge in [0.05, 0.1) is 17.0 Å². The highest BCUT2D eigenvalue weighted by atomic mass is 32.2. The van der Waals surface area contributed by atoms with Crippen LogP contribution in [0.3, 0.4) is 0 Å². The van der Waals surface area contributed by atoms with Gasteiger partial charge in [-0.25, -0.2) is 8.42 Å². The van der Waals surface area contributed by atoms with Gasteiger partial charge in [-0.1, -0.05) is 32.8 Å². The molecule has 1 aromatic carbocycles. The summed E-state index contributed by atoms with van der Waals surface area (Å²) in [4.78, 5) is 14.0. The van der Waals surface area contributed by atoms with Crippen LogP contribution in [0.5, 0.6) is 0 Å². The fraction of sp³-hybridized carbons (Fsp3) is 0.667. The van der Waals surface area contributed by atoms with Gasteiger partial charge in [-0.2, -0.15) is 17.5 Å². The number of rotatable bonds is 5. The monoisotopic (exact) mass is 461 g/mol. The zero-order valence-electron chi connectivity index (χ0n) is 17.9. The highest BCUT2D eigenvalue weighted by molar-refractivity contribution is 7.89. The van der Waals surface area contributed by atoms with Crippen molar-refractivity contribution in [2.45, 2.75) is 50.2 Å². The van der Waals surface area contributed by atoms with Crippen molar-refractivity contribution in [3.8, 4) is 0 Å². The first-order valence-corrected chi connectivity index (χ1v) is 12.1. The molecule has 1 aliphatic heterocycles. The number of carbonyl (C=O) groups is 1. The molecule has 0 aromatic heterocycles. The van der Waals surface area contributed by atoms with E-state index in [1.807, 2.05) is 4.90 Å². The molecule has 0 unspecified atom stereocenters. The molecule has 6 nitrogen and oxygen atoms in total. The number of amides is 1. The first-order valence-electron chi connectivity index (χ1n) is 10.7. The average molecular weight is 462 g/mol. The molecule has 2 fully saturated rings. The second kappa shape index (κ2) is 9.46. The molecule has 3 rings (SSSR count). The Morgan fingerprint density at radius 2 is 1.81 bits per heavy atom. The van der Waals surface area contributed by atoms with E-state index in [1.54, 1.807) is 0 Å². The number of alkyl halides is 3. The Labute approximate surface area is 181 Å². The van der Waals surface area contributed by atoms with Crippen molar-refractivity contribution < 1.29 is 26.4 Å². The molecule has 0 bridgehead atoms. The first-order chi connectivity index (χ1) is 14.5. The molecule has 1 heterocycles. The number of hydrogen-bond donors (Lipinski definition) is 1. The van der Waals surface area contributed by atoms with Gasteiger partial charge in [0.15, 0.2) is 0 Å². The molecule has 174 valence electrons. The number of benzene rings is 1. The van der Waals surface area contributed by atoms with Crippen LogP contribution in [0.25, 0.3) is 0 Å². The van der Waals surface area contributed by atoms with E-state index in [1.165, 1.54) is 16.8 Å². The summed E-state index contributed by atoms with van der Waals surface area (Å²) in [5, 5.41) is 3.11. The van der Waals surface area contributed by atoms with Crippen molar-refractivity contribution in [2.24, 2.45) is 11.8 Å². The van der Waals surface area contributed by atoms with Crippen LogP contribution in [-0.2, 0) is 21.0 Å². The largest absolute Gasteiger partial charge is 0.416 e. The van der Waals surface area contributed by atoms with Gasteiger partial charge >= 0.3 is 6.18 Å². The Morgan fingerprint density at radius 3 is 2.45 bits per heavy atom. The van der Waals surface area contributed by atoms with Crippen LogP contribution < -0.4 is 5.32 Å². The Balaban J connectivity index is 1.55. The molecule has 1 aliphatic carbocycles. The van der Waals surface area contributed by atoms with Crippen molar-refractivity contribution in [3.63, 3.8) is 0 Å². The third-order valence-electron chi connectivity index (χ3n) is 6.55. The molecule has 1 saturated heterocycles. The lowest BCUT2D eigenvalue weighted by Gasteiger charge is -2.36. The molecule has 0 spiro atoms. The van der Waals surface area contributed by atoms with Crippen LogP contribution in [0.1, 0.15) is 38.7 Å². The SMILES string of the molecule is C[C@H]1[C@H](C)CCC[C@H]1NC(=O)CN1CCN(S(=O)(=O)c2cccc(C(F)(F)F)c2)CC1. The van der Waals surface area contributed by atoms with Crippen molar-refractivity contribution in [1.82, 2.24) is 14.5 Å². The van der Waals surface area contributed by atoms with Gasteiger partial charge in [-0.15, -0.1) is 0 Å². The Morgan fingerprint density at radius 1 is 1.13 bits per heavy atom. The van der Waals surface area contributed by atoms with E-state index in [2.05, 4.69) is 19.2 Å². The average Bonchev–Trinajstić information content (AvgIpc) is 2.71. The number of piperazine rings is 1. The maximum atomic E-state index is 12.9. The van der Waals surface area contributed by atoms with E-state index < -0.39 is 21.8 Å². The predicted molar refractivity (Wildman–Crippen MR) is 111 cm³/mol. The molecular formula is C21H30F3N3O3S. The maximum Gasteiger partial charge on any atom is 0.416 e. The summed E-state index contributed by atoms with van der Waals surface area (Å²) < 4.78 is 65.5. The van der Waals surface area contributed by atoms with Crippen LogP contribution >= 0.6 is 0 Å². The second-order valence-electron chi connectivity index (χ2n) is 8.65. The third kappa shape index (κ3) is 5.78. The number of nitrogens with one attached hydrogen (secondary N) is 1. The van der Waals surface area contributed by atoms with E-state index in [-0.39, 0.29) is 36.5 Å². The van der Waals surface area contributed by atoms with Gasteiger partial charge in [0.2, 0.25) is 15.9 Å². The minimum Gasteiger partial charge on any atom is -0.352 e. The summed E-state index contributed by atoms with van der Waals surface area (Å²) in [6.07, 6.45) is -1.36. The fourth-order valence-electron chi connectivity index (χ4n) is 4.35. The molecule has 31 heavy (non-hydrogen) atoms. The van der Waals surface area contributed by atoms with Gasteiger partial charge < -0.3 is 5.32 Å². The number of nitrogens with zero attached hydrogens (tertiary/aromatic N) is 2. The number of sulfonamides is 1. The van der Waals surface area contributed by atoms with Crippen LogP contribution in [-0.4, -0.2) is 62.3 Å². The summed E-state index contributed by atoms with van der Waals surface area (Å²) in [5.74, 6) is 0.927. The molecule has 2 aliphatic rings. The maximum absolute atomic E-state index is 12.9. The van der Waals surface area contributed by atoms with E-state index >= 15 is 0 Å². The number of halogens is 3. The normalized spacial score (nSPS) is 26.5. The van der Waals surface area contributed by atoms with E-state index in [4.69, 9.17) is 0 Å². The highest BCUT2D eigenvalue weighted by Crippen LogP contribution is 2.31. The lowest BCUT2D eigenvalue weighted by Crippen LogP contribution is -2.52. The fourth-order valence-corrected chi connectivity index (χ4v) is 5.82. The second-order valence-corrected chi connectivity index (χ2v) is 10.6. The standard InChI is InChI=1S/C21H30F3N3O3S/c1-15-5-3-8-19(16(15)2)25-20(28)14-26-9-11-27(12-10-26)31(29,30)18-7-4-6-17(13-18)21(22,23)24/h4,6-7,13,15-16,19H,3,5,8-12,14H2,1-2H3,(H,25,28)/t15-,16+,19-/m1/s1. The van der Waals surface area contributed by atoms with Gasteiger partial charge in [0.1, 0.15) is 0 Å². The number of carbonyl (C=O) groups excluding carboxylic acids is 1. The Hall–Kier alpha value is -1.65. The summed E-state index contributed by atoms with van der Waals surface area (Å²) in [5.41, 5.74) is -0.991. The zero-order valence-corrected chi connectivity index (χ0v) is 18.7. The van der Waals surface area contributed by atoms with Gasteiger partial charge in [0.25, 0.3) is 0 Å². The highest BCUT2D eigenvalue weighted by Gasteiger charge is 2.34. The summed E-state index contributed by atoms with van der Waals surface area (Å²) in [6, 6.07) is 3.96. The Bertz CT molecular complexity index is 883. The molecule has 3 atom stereocenters. The predicted octanol–water partition coefficient (Wildman–Crippen LogP) is 2.95. The van der Waals surface area contributed by atoms with Crippen molar-refractivity contribution >= 4 is 15.9 Å². The van der Waals surface area contributed by atoms with E-state index in [9.17, 15) is 26.4 Å². The first kappa shape index (κ1) is 24.0. The van der Waals surface area contributed by atoms with Crippen LogP contribution in [0.4, 0.5) is 13.2 Å². The van der Waals surface area contributed by atoms with E-state index in [0.29, 0.717) is 31.0 Å². The Kier molecular flexibility index (Phi) is 7.32. The van der Waals surface area contributed by atoms with Crippen molar-refractivity contribution in [1.29, 1.82) is 0 Å². The van der Waals surface area contributed by atoms with Crippen LogP contribution in [0.15, 0.2) is 29.2 Å².